The molecule has 0 aliphatic carbocycles. The van der Waals surface area contributed by atoms with Gasteiger partial charge in [-0.05, 0) is 26.2 Å². The van der Waals surface area contributed by atoms with Crippen LogP contribution in [0.1, 0.15) is 32.0 Å². The van der Waals surface area contributed by atoms with Crippen molar-refractivity contribution >= 4 is 11.6 Å². The maximum atomic E-state index is 5.87. The first kappa shape index (κ1) is 12.7. The molecule has 2 fully saturated rings. The SMILES string of the molecule is CCCNc1cc(N2CC3CCC(C2)O3)nc(C)n1. The Morgan fingerprint density at radius 3 is 2.74 bits per heavy atom. The Bertz CT molecular complexity index is 439. The number of aryl methyl sites for hydroxylation is 1. The molecule has 0 saturated carbocycles. The van der Waals surface area contributed by atoms with Gasteiger partial charge in [0.2, 0.25) is 0 Å². The van der Waals surface area contributed by atoms with E-state index in [1.165, 1.54) is 12.8 Å². The smallest absolute Gasteiger partial charge is 0.134 e. The molecule has 1 aromatic rings. The predicted molar refractivity (Wildman–Crippen MR) is 75.7 cm³/mol. The van der Waals surface area contributed by atoms with E-state index in [9.17, 15) is 0 Å². The normalized spacial score (nSPS) is 25.7. The van der Waals surface area contributed by atoms with Gasteiger partial charge in [0.1, 0.15) is 17.5 Å². The van der Waals surface area contributed by atoms with Gasteiger partial charge >= 0.3 is 0 Å². The first-order chi connectivity index (χ1) is 9.24. The Morgan fingerprint density at radius 1 is 1.32 bits per heavy atom. The van der Waals surface area contributed by atoms with E-state index in [-0.39, 0.29) is 0 Å². The maximum absolute atomic E-state index is 5.87. The summed E-state index contributed by atoms with van der Waals surface area (Å²) in [6.45, 7) is 6.97. The number of hydrogen-bond donors (Lipinski definition) is 1. The summed E-state index contributed by atoms with van der Waals surface area (Å²) in [4.78, 5) is 11.4. The number of anilines is 2. The van der Waals surface area contributed by atoms with Crippen LogP contribution in [0, 0.1) is 6.92 Å². The van der Waals surface area contributed by atoms with Crippen LogP contribution < -0.4 is 10.2 Å². The highest BCUT2D eigenvalue weighted by atomic mass is 16.5. The highest BCUT2D eigenvalue weighted by Gasteiger charge is 2.34. The predicted octanol–water partition coefficient (Wildman–Crippen LogP) is 1.97. The molecule has 3 rings (SSSR count). The minimum absolute atomic E-state index is 0.390. The van der Waals surface area contributed by atoms with E-state index in [1.807, 2.05) is 6.92 Å². The number of morpholine rings is 1. The van der Waals surface area contributed by atoms with Crippen LogP contribution in [0.2, 0.25) is 0 Å². The summed E-state index contributed by atoms with van der Waals surface area (Å²) in [5.74, 6) is 2.80. The third kappa shape index (κ3) is 2.81. The molecule has 0 radical (unpaired) electrons. The summed E-state index contributed by atoms with van der Waals surface area (Å²) in [5.41, 5.74) is 0. The van der Waals surface area contributed by atoms with Crippen molar-refractivity contribution in [1.82, 2.24) is 9.97 Å². The third-order valence-corrected chi connectivity index (χ3v) is 3.75. The van der Waals surface area contributed by atoms with Crippen LogP contribution in [0.25, 0.3) is 0 Å². The van der Waals surface area contributed by atoms with E-state index < -0.39 is 0 Å². The van der Waals surface area contributed by atoms with E-state index >= 15 is 0 Å². The Hall–Kier alpha value is -1.36. The molecule has 2 aliphatic heterocycles. The second-order valence-electron chi connectivity index (χ2n) is 5.45. The Labute approximate surface area is 114 Å². The van der Waals surface area contributed by atoms with E-state index in [0.717, 1.165) is 43.5 Å². The second kappa shape index (κ2) is 5.33. The van der Waals surface area contributed by atoms with Gasteiger partial charge in [-0.2, -0.15) is 0 Å². The van der Waals surface area contributed by atoms with Crippen LogP contribution in [0.4, 0.5) is 11.6 Å². The van der Waals surface area contributed by atoms with Gasteiger partial charge in [0.15, 0.2) is 0 Å². The highest BCUT2D eigenvalue weighted by molar-refractivity contribution is 5.50. The molecular formula is C14H22N4O. The van der Waals surface area contributed by atoms with Crippen molar-refractivity contribution < 1.29 is 4.74 Å². The monoisotopic (exact) mass is 262 g/mol. The lowest BCUT2D eigenvalue weighted by molar-refractivity contribution is 0.0302. The van der Waals surface area contributed by atoms with Crippen molar-refractivity contribution in [2.75, 3.05) is 29.9 Å². The summed E-state index contributed by atoms with van der Waals surface area (Å²) in [6, 6.07) is 2.06. The molecule has 1 aromatic heterocycles. The number of nitrogens with one attached hydrogen (secondary N) is 1. The molecule has 0 spiro atoms. The number of aromatic nitrogens is 2. The fourth-order valence-electron chi connectivity index (χ4n) is 2.86. The Morgan fingerprint density at radius 2 is 2.05 bits per heavy atom. The molecular weight excluding hydrogens is 240 g/mol. The van der Waals surface area contributed by atoms with Crippen molar-refractivity contribution in [3.8, 4) is 0 Å². The van der Waals surface area contributed by atoms with Crippen LogP contribution in [0.3, 0.4) is 0 Å². The van der Waals surface area contributed by atoms with Crippen LogP contribution in [0.5, 0.6) is 0 Å². The van der Waals surface area contributed by atoms with Crippen molar-refractivity contribution in [1.29, 1.82) is 0 Å². The van der Waals surface area contributed by atoms with Gasteiger partial charge in [0.25, 0.3) is 0 Å². The number of nitrogens with zero attached hydrogens (tertiary/aromatic N) is 3. The van der Waals surface area contributed by atoms with Crippen LogP contribution in [-0.4, -0.2) is 41.8 Å². The van der Waals surface area contributed by atoms with Gasteiger partial charge in [0.05, 0.1) is 12.2 Å². The van der Waals surface area contributed by atoms with Crippen molar-refractivity contribution in [3.05, 3.63) is 11.9 Å². The van der Waals surface area contributed by atoms with Gasteiger partial charge in [0, 0.05) is 25.7 Å². The fourth-order valence-corrected chi connectivity index (χ4v) is 2.86. The fraction of sp³-hybridized carbons (Fsp3) is 0.714. The van der Waals surface area contributed by atoms with Gasteiger partial charge in [-0.15, -0.1) is 0 Å². The van der Waals surface area contributed by atoms with Crippen molar-refractivity contribution in [2.24, 2.45) is 0 Å². The zero-order valence-electron chi connectivity index (χ0n) is 11.7. The van der Waals surface area contributed by atoms with Crippen LogP contribution in [0.15, 0.2) is 6.07 Å². The van der Waals surface area contributed by atoms with E-state index in [4.69, 9.17) is 4.74 Å². The molecule has 2 atom stereocenters. The van der Waals surface area contributed by atoms with Crippen molar-refractivity contribution in [3.63, 3.8) is 0 Å². The number of rotatable bonds is 4. The molecule has 0 aromatic carbocycles. The number of hydrogen-bond acceptors (Lipinski definition) is 5. The van der Waals surface area contributed by atoms with Gasteiger partial charge < -0.3 is 15.0 Å². The average molecular weight is 262 g/mol. The number of fused-ring (bicyclic) bond motifs is 2. The first-order valence-electron chi connectivity index (χ1n) is 7.24. The van der Waals surface area contributed by atoms with Crippen LogP contribution >= 0.6 is 0 Å². The summed E-state index contributed by atoms with van der Waals surface area (Å²) in [7, 11) is 0. The standard InChI is InChI=1S/C14H22N4O/c1-3-6-15-13-7-14(17-10(2)16-13)18-8-11-4-5-12(9-18)19-11/h7,11-12H,3-6,8-9H2,1-2H3,(H,15,16,17). The topological polar surface area (TPSA) is 50.3 Å². The lowest BCUT2D eigenvalue weighted by atomic mass is 10.2. The van der Waals surface area contributed by atoms with Gasteiger partial charge in [-0.1, -0.05) is 6.92 Å². The largest absolute Gasteiger partial charge is 0.371 e. The molecule has 19 heavy (non-hydrogen) atoms. The minimum atomic E-state index is 0.390. The lowest BCUT2D eigenvalue weighted by Gasteiger charge is -2.33. The molecule has 2 unspecified atom stereocenters. The van der Waals surface area contributed by atoms with Gasteiger partial charge in [-0.25, -0.2) is 9.97 Å². The van der Waals surface area contributed by atoms with Gasteiger partial charge in [-0.3, -0.25) is 0 Å². The summed E-state index contributed by atoms with van der Waals surface area (Å²) in [6.07, 6.45) is 4.25. The Balaban J connectivity index is 1.77. The van der Waals surface area contributed by atoms with Crippen LogP contribution in [-0.2, 0) is 4.74 Å². The second-order valence-corrected chi connectivity index (χ2v) is 5.45. The quantitative estimate of drug-likeness (QED) is 0.899. The molecule has 2 bridgehead atoms. The van der Waals surface area contributed by atoms with Crippen molar-refractivity contribution in [2.45, 2.75) is 45.3 Å². The zero-order chi connectivity index (χ0) is 13.2. The molecule has 5 nitrogen and oxygen atoms in total. The Kier molecular flexibility index (Phi) is 3.55. The first-order valence-corrected chi connectivity index (χ1v) is 7.24. The summed E-state index contributed by atoms with van der Waals surface area (Å²) in [5, 5.41) is 3.34. The molecule has 3 heterocycles. The van der Waals surface area contributed by atoms with E-state index in [2.05, 4.69) is 33.2 Å². The highest BCUT2D eigenvalue weighted by Crippen LogP contribution is 2.29. The number of ether oxygens (including phenoxy) is 1. The lowest BCUT2D eigenvalue weighted by Crippen LogP contribution is -2.43. The van der Waals surface area contributed by atoms with E-state index in [0.29, 0.717) is 12.2 Å². The average Bonchev–Trinajstić information content (AvgIpc) is 2.74. The molecule has 1 N–H and O–H groups in total. The summed E-state index contributed by atoms with van der Waals surface area (Å²) >= 11 is 0. The molecule has 2 aliphatic rings. The third-order valence-electron chi connectivity index (χ3n) is 3.75. The molecule has 104 valence electrons. The zero-order valence-corrected chi connectivity index (χ0v) is 11.7. The molecule has 0 amide bonds. The minimum Gasteiger partial charge on any atom is -0.371 e. The molecule has 5 heteroatoms. The maximum Gasteiger partial charge on any atom is 0.134 e. The van der Waals surface area contributed by atoms with E-state index in [1.54, 1.807) is 0 Å². The molecule has 2 saturated heterocycles. The summed E-state index contributed by atoms with van der Waals surface area (Å²) < 4.78 is 5.87.